The number of benzene rings is 1. The molecule has 1 fully saturated rings. The minimum absolute atomic E-state index is 0.280. The fraction of sp³-hybridized carbons (Fsp3) is 0.571. The van der Waals surface area contributed by atoms with E-state index in [4.69, 9.17) is 16.7 Å². The summed E-state index contributed by atoms with van der Waals surface area (Å²) in [5.74, 6) is 0.428. The largest absolute Gasteiger partial charge is 0.396 e. The molecule has 1 aliphatic rings. The van der Waals surface area contributed by atoms with Gasteiger partial charge >= 0.3 is 0 Å². The number of hydrogen-bond acceptors (Lipinski definition) is 3. The first-order chi connectivity index (χ1) is 8.61. The van der Waals surface area contributed by atoms with Crippen molar-refractivity contribution in [3.63, 3.8) is 0 Å². The molecule has 1 heterocycles. The van der Waals surface area contributed by atoms with E-state index in [0.29, 0.717) is 10.9 Å². The van der Waals surface area contributed by atoms with Gasteiger partial charge in [0.2, 0.25) is 0 Å². The van der Waals surface area contributed by atoms with Crippen LogP contribution in [-0.2, 0) is 0 Å². The molecule has 1 unspecified atom stereocenters. The van der Waals surface area contributed by atoms with E-state index in [9.17, 15) is 5.11 Å². The quantitative estimate of drug-likeness (QED) is 0.887. The van der Waals surface area contributed by atoms with Gasteiger partial charge in [-0.1, -0.05) is 17.7 Å². The molecule has 0 spiro atoms. The predicted octanol–water partition coefficient (Wildman–Crippen LogP) is 2.60. The third kappa shape index (κ3) is 2.97. The number of nitrogens with zero attached hydrogens (tertiary/aromatic N) is 1. The second kappa shape index (κ2) is 5.91. The second-order valence-electron chi connectivity index (χ2n) is 5.00. The highest BCUT2D eigenvalue weighted by atomic mass is 35.5. The molecule has 2 rings (SSSR count). The summed E-state index contributed by atoms with van der Waals surface area (Å²) < 4.78 is 0. The topological polar surface area (TPSA) is 43.7 Å². The van der Waals surface area contributed by atoms with Crippen molar-refractivity contribution >= 4 is 17.3 Å². The van der Waals surface area contributed by atoms with Crippen LogP contribution >= 0.6 is 11.6 Å². The van der Waals surface area contributed by atoms with Crippen molar-refractivity contribution < 1.29 is 10.2 Å². The van der Waals surface area contributed by atoms with E-state index in [1.165, 1.54) is 0 Å². The average molecular weight is 270 g/mol. The minimum atomic E-state index is -0.489. The van der Waals surface area contributed by atoms with E-state index in [-0.39, 0.29) is 6.61 Å². The van der Waals surface area contributed by atoms with Crippen LogP contribution < -0.4 is 4.90 Å². The Kier molecular flexibility index (Phi) is 4.49. The van der Waals surface area contributed by atoms with Crippen LogP contribution in [-0.4, -0.2) is 29.9 Å². The highest BCUT2D eigenvalue weighted by Gasteiger charge is 2.20. The van der Waals surface area contributed by atoms with E-state index in [1.54, 1.807) is 6.92 Å². The maximum atomic E-state index is 9.52. The molecule has 1 aromatic rings. The Hall–Kier alpha value is -0.770. The lowest BCUT2D eigenvalue weighted by molar-refractivity contribution is 0.199. The molecule has 0 radical (unpaired) electrons. The van der Waals surface area contributed by atoms with Gasteiger partial charge in [-0.15, -0.1) is 0 Å². The van der Waals surface area contributed by atoms with Crippen molar-refractivity contribution in [3.8, 4) is 0 Å². The monoisotopic (exact) mass is 269 g/mol. The summed E-state index contributed by atoms with van der Waals surface area (Å²) in [6, 6.07) is 5.73. The molecule has 1 saturated heterocycles. The van der Waals surface area contributed by atoms with Gasteiger partial charge in [0.1, 0.15) is 0 Å². The Morgan fingerprint density at radius 1 is 1.39 bits per heavy atom. The molecule has 4 heteroatoms. The van der Waals surface area contributed by atoms with Gasteiger partial charge in [-0.2, -0.15) is 0 Å². The van der Waals surface area contributed by atoms with Crippen molar-refractivity contribution in [2.24, 2.45) is 5.92 Å². The van der Waals surface area contributed by atoms with Crippen molar-refractivity contribution in [1.82, 2.24) is 0 Å². The molecule has 0 aromatic heterocycles. The molecule has 1 atom stereocenters. The number of aliphatic hydroxyl groups is 2. The fourth-order valence-electron chi connectivity index (χ4n) is 2.40. The van der Waals surface area contributed by atoms with Crippen LogP contribution in [0.3, 0.4) is 0 Å². The molecule has 1 aromatic carbocycles. The Labute approximate surface area is 113 Å². The van der Waals surface area contributed by atoms with Crippen molar-refractivity contribution in [1.29, 1.82) is 0 Å². The molecule has 0 bridgehead atoms. The van der Waals surface area contributed by atoms with Crippen LogP contribution in [0.1, 0.15) is 31.4 Å². The molecule has 0 amide bonds. The van der Waals surface area contributed by atoms with Gasteiger partial charge in [-0.25, -0.2) is 0 Å². The average Bonchev–Trinajstić information content (AvgIpc) is 2.38. The molecule has 0 aliphatic carbocycles. The SMILES string of the molecule is CC(O)c1ccc(N2CCC(CO)CC2)c(Cl)c1. The van der Waals surface area contributed by atoms with Crippen molar-refractivity contribution in [3.05, 3.63) is 28.8 Å². The lowest BCUT2D eigenvalue weighted by Gasteiger charge is -2.33. The van der Waals surface area contributed by atoms with Crippen LogP contribution in [0.5, 0.6) is 0 Å². The van der Waals surface area contributed by atoms with Gasteiger partial charge < -0.3 is 15.1 Å². The number of rotatable bonds is 3. The van der Waals surface area contributed by atoms with Crippen molar-refractivity contribution in [2.75, 3.05) is 24.6 Å². The number of aliphatic hydroxyl groups excluding tert-OH is 2. The second-order valence-corrected chi connectivity index (χ2v) is 5.41. The maximum Gasteiger partial charge on any atom is 0.0762 e. The summed E-state index contributed by atoms with van der Waals surface area (Å²) in [7, 11) is 0. The summed E-state index contributed by atoms with van der Waals surface area (Å²) in [6.45, 7) is 3.87. The first kappa shape index (κ1) is 13.7. The minimum Gasteiger partial charge on any atom is -0.396 e. The normalized spacial score (nSPS) is 19.0. The Morgan fingerprint density at radius 2 is 2.06 bits per heavy atom. The zero-order valence-corrected chi connectivity index (χ0v) is 11.4. The highest BCUT2D eigenvalue weighted by Crippen LogP contribution is 2.31. The van der Waals surface area contributed by atoms with Gasteiger partial charge in [0.15, 0.2) is 0 Å². The Balaban J connectivity index is 2.10. The van der Waals surface area contributed by atoms with E-state index < -0.39 is 6.10 Å². The number of hydrogen-bond donors (Lipinski definition) is 2. The van der Waals surface area contributed by atoms with Gasteiger partial charge in [0.05, 0.1) is 16.8 Å². The van der Waals surface area contributed by atoms with Gasteiger partial charge in [0.25, 0.3) is 0 Å². The van der Waals surface area contributed by atoms with E-state index in [2.05, 4.69) is 4.90 Å². The first-order valence-corrected chi connectivity index (χ1v) is 6.83. The smallest absolute Gasteiger partial charge is 0.0762 e. The number of piperidine rings is 1. The molecule has 2 N–H and O–H groups in total. The molecular weight excluding hydrogens is 250 g/mol. The molecule has 18 heavy (non-hydrogen) atoms. The zero-order chi connectivity index (χ0) is 13.1. The maximum absolute atomic E-state index is 9.52. The molecule has 0 saturated carbocycles. The third-order valence-corrected chi connectivity index (χ3v) is 3.97. The predicted molar refractivity (Wildman–Crippen MR) is 74.1 cm³/mol. The fourth-order valence-corrected chi connectivity index (χ4v) is 2.70. The van der Waals surface area contributed by atoms with Gasteiger partial charge in [-0.3, -0.25) is 0 Å². The Morgan fingerprint density at radius 3 is 2.56 bits per heavy atom. The summed E-state index contributed by atoms with van der Waals surface area (Å²) >= 11 is 6.27. The lowest BCUT2D eigenvalue weighted by Crippen LogP contribution is -2.34. The summed E-state index contributed by atoms with van der Waals surface area (Å²) in [5, 5.41) is 19.3. The van der Waals surface area contributed by atoms with Crippen LogP contribution in [0.2, 0.25) is 5.02 Å². The van der Waals surface area contributed by atoms with E-state index in [1.807, 2.05) is 18.2 Å². The molecule has 1 aliphatic heterocycles. The summed E-state index contributed by atoms with van der Waals surface area (Å²) in [5.41, 5.74) is 1.87. The highest BCUT2D eigenvalue weighted by molar-refractivity contribution is 6.33. The zero-order valence-electron chi connectivity index (χ0n) is 10.6. The van der Waals surface area contributed by atoms with E-state index in [0.717, 1.165) is 37.2 Å². The van der Waals surface area contributed by atoms with Crippen LogP contribution in [0.15, 0.2) is 18.2 Å². The first-order valence-electron chi connectivity index (χ1n) is 6.45. The van der Waals surface area contributed by atoms with Crippen LogP contribution in [0.4, 0.5) is 5.69 Å². The number of halogens is 1. The summed E-state index contributed by atoms with van der Waals surface area (Å²) in [6.07, 6.45) is 1.52. The molecular formula is C14H20ClNO2. The van der Waals surface area contributed by atoms with Crippen LogP contribution in [0.25, 0.3) is 0 Å². The molecule has 3 nitrogen and oxygen atoms in total. The van der Waals surface area contributed by atoms with Crippen molar-refractivity contribution in [2.45, 2.75) is 25.9 Å². The number of anilines is 1. The van der Waals surface area contributed by atoms with Gasteiger partial charge in [0, 0.05) is 19.7 Å². The lowest BCUT2D eigenvalue weighted by atomic mass is 9.97. The van der Waals surface area contributed by atoms with E-state index >= 15 is 0 Å². The molecule has 100 valence electrons. The Bertz CT molecular complexity index is 401. The van der Waals surface area contributed by atoms with Crippen LogP contribution in [0, 0.1) is 5.92 Å². The standard InChI is InChI=1S/C14H20ClNO2/c1-10(18)12-2-3-14(13(15)8-12)16-6-4-11(9-17)5-7-16/h2-3,8,10-11,17-18H,4-7,9H2,1H3. The third-order valence-electron chi connectivity index (χ3n) is 3.67. The summed E-state index contributed by atoms with van der Waals surface area (Å²) in [4.78, 5) is 2.25. The van der Waals surface area contributed by atoms with Gasteiger partial charge in [-0.05, 0) is 43.4 Å².